The molecule has 0 radical (unpaired) electrons. The molecule has 1 N–H and O–H groups in total. The van der Waals surface area contributed by atoms with Crippen LogP contribution in [0.3, 0.4) is 0 Å². The van der Waals surface area contributed by atoms with Gasteiger partial charge in [0.05, 0.1) is 6.04 Å². The Morgan fingerprint density at radius 2 is 2.09 bits per heavy atom. The number of alkyl carbamates (subject to hydrolysis) is 1. The zero-order valence-electron chi connectivity index (χ0n) is 12.5. The summed E-state index contributed by atoms with van der Waals surface area (Å²) in [5, 5.41) is 2.88. The molecule has 5 heteroatoms. The smallest absolute Gasteiger partial charge is 0.407 e. The van der Waals surface area contributed by atoms with E-state index in [-0.39, 0.29) is 12.1 Å². The van der Waals surface area contributed by atoms with Crippen LogP contribution in [-0.4, -0.2) is 30.2 Å². The van der Waals surface area contributed by atoms with Gasteiger partial charge in [-0.1, -0.05) is 30.3 Å². The summed E-state index contributed by atoms with van der Waals surface area (Å²) in [6.07, 6.45) is 1.44. The van der Waals surface area contributed by atoms with Crippen LogP contribution in [0.15, 0.2) is 48.7 Å². The van der Waals surface area contributed by atoms with Crippen LogP contribution in [0.4, 0.5) is 10.5 Å². The quantitative estimate of drug-likeness (QED) is 0.942. The lowest BCUT2D eigenvalue weighted by Crippen LogP contribution is -2.59. The van der Waals surface area contributed by atoms with E-state index in [9.17, 15) is 4.79 Å². The van der Waals surface area contributed by atoms with Crippen molar-refractivity contribution in [2.75, 3.05) is 18.0 Å². The highest BCUT2D eigenvalue weighted by molar-refractivity contribution is 5.68. The fraction of sp³-hybridized carbons (Fsp3) is 0.294. The van der Waals surface area contributed by atoms with Crippen LogP contribution < -0.4 is 10.2 Å². The summed E-state index contributed by atoms with van der Waals surface area (Å²) in [5.41, 5.74) is 3.12. The molecule has 1 aromatic heterocycles. The third-order valence-electron chi connectivity index (χ3n) is 3.66. The van der Waals surface area contributed by atoms with Gasteiger partial charge in [0, 0.05) is 30.7 Å². The minimum atomic E-state index is -0.362. The zero-order valence-corrected chi connectivity index (χ0v) is 12.5. The van der Waals surface area contributed by atoms with E-state index in [1.54, 1.807) is 6.20 Å². The number of pyridine rings is 1. The number of benzene rings is 1. The molecule has 1 aliphatic heterocycles. The number of nitrogens with zero attached hydrogens (tertiary/aromatic N) is 2. The van der Waals surface area contributed by atoms with E-state index < -0.39 is 0 Å². The molecule has 0 atom stereocenters. The molecule has 1 amide bonds. The average Bonchev–Trinajstić information content (AvgIpc) is 2.49. The summed E-state index contributed by atoms with van der Waals surface area (Å²) in [7, 11) is 0. The maximum absolute atomic E-state index is 11.8. The molecule has 0 bridgehead atoms. The second kappa shape index (κ2) is 6.47. The summed E-state index contributed by atoms with van der Waals surface area (Å²) in [6.45, 7) is 3.86. The minimum absolute atomic E-state index is 0.136. The molecule has 0 aliphatic carbocycles. The molecule has 1 aromatic carbocycles. The molecule has 1 fully saturated rings. The molecule has 0 saturated carbocycles. The van der Waals surface area contributed by atoms with Gasteiger partial charge >= 0.3 is 6.09 Å². The largest absolute Gasteiger partial charge is 0.445 e. The van der Waals surface area contributed by atoms with Crippen molar-refractivity contribution >= 4 is 11.8 Å². The third-order valence-corrected chi connectivity index (χ3v) is 3.66. The number of hydrogen-bond donors (Lipinski definition) is 1. The van der Waals surface area contributed by atoms with Gasteiger partial charge in [0.15, 0.2) is 0 Å². The molecule has 22 heavy (non-hydrogen) atoms. The number of hydrogen-bond acceptors (Lipinski definition) is 4. The van der Waals surface area contributed by atoms with Gasteiger partial charge in [-0.05, 0) is 24.6 Å². The summed E-state index contributed by atoms with van der Waals surface area (Å²) in [5.74, 6) is 0. The highest BCUT2D eigenvalue weighted by Gasteiger charge is 2.28. The molecule has 5 nitrogen and oxygen atoms in total. The molecule has 3 rings (SSSR count). The monoisotopic (exact) mass is 297 g/mol. The van der Waals surface area contributed by atoms with E-state index in [2.05, 4.69) is 15.2 Å². The molecule has 0 unspecified atom stereocenters. The predicted octanol–water partition coefficient (Wildman–Crippen LogP) is 2.51. The molecule has 1 saturated heterocycles. The molecular weight excluding hydrogens is 278 g/mol. The van der Waals surface area contributed by atoms with Crippen molar-refractivity contribution in [3.63, 3.8) is 0 Å². The Balaban J connectivity index is 1.41. The minimum Gasteiger partial charge on any atom is -0.445 e. The van der Waals surface area contributed by atoms with E-state index >= 15 is 0 Å². The van der Waals surface area contributed by atoms with Crippen LogP contribution in [0.1, 0.15) is 11.3 Å². The standard InChI is InChI=1S/C17H19N3O2/c1-13-9-16(7-8-18-13)20-10-15(11-20)19-17(21)22-12-14-5-3-2-4-6-14/h2-9,15H,10-12H2,1H3,(H,19,21). The Bertz CT molecular complexity index is 639. The van der Waals surface area contributed by atoms with Gasteiger partial charge in [-0.25, -0.2) is 4.79 Å². The number of aromatic nitrogens is 1. The van der Waals surface area contributed by atoms with Gasteiger partial charge in [-0.15, -0.1) is 0 Å². The number of carbonyl (C=O) groups excluding carboxylic acids is 1. The number of anilines is 1. The van der Waals surface area contributed by atoms with Gasteiger partial charge in [0.25, 0.3) is 0 Å². The van der Waals surface area contributed by atoms with Crippen LogP contribution in [0, 0.1) is 6.92 Å². The number of carbonyl (C=O) groups is 1. The Hall–Kier alpha value is -2.56. The Labute approximate surface area is 129 Å². The van der Waals surface area contributed by atoms with Gasteiger partial charge < -0.3 is 15.0 Å². The summed E-state index contributed by atoms with van der Waals surface area (Å²) in [6, 6.07) is 13.8. The Morgan fingerprint density at radius 1 is 1.32 bits per heavy atom. The normalized spacial score (nSPS) is 14.3. The van der Waals surface area contributed by atoms with Crippen molar-refractivity contribution in [1.29, 1.82) is 0 Å². The highest BCUT2D eigenvalue weighted by Crippen LogP contribution is 2.20. The van der Waals surface area contributed by atoms with Crippen LogP contribution in [0.2, 0.25) is 0 Å². The zero-order chi connectivity index (χ0) is 15.4. The summed E-state index contributed by atoms with van der Waals surface area (Å²) >= 11 is 0. The topological polar surface area (TPSA) is 54.5 Å². The third kappa shape index (κ3) is 3.55. The van der Waals surface area contributed by atoms with Gasteiger partial charge in [0.2, 0.25) is 0 Å². The van der Waals surface area contributed by atoms with Crippen molar-refractivity contribution < 1.29 is 9.53 Å². The second-order valence-electron chi connectivity index (χ2n) is 5.46. The van der Waals surface area contributed by atoms with Crippen molar-refractivity contribution in [3.05, 3.63) is 59.9 Å². The molecule has 1 aliphatic rings. The van der Waals surface area contributed by atoms with Crippen LogP contribution in [-0.2, 0) is 11.3 Å². The van der Waals surface area contributed by atoms with E-state index in [4.69, 9.17) is 4.74 Å². The number of aryl methyl sites for hydroxylation is 1. The van der Waals surface area contributed by atoms with E-state index in [0.717, 1.165) is 30.0 Å². The molecule has 2 aromatic rings. The lowest BCUT2D eigenvalue weighted by Gasteiger charge is -2.41. The number of ether oxygens (including phenoxy) is 1. The van der Waals surface area contributed by atoms with Gasteiger partial charge in [-0.3, -0.25) is 4.98 Å². The first-order valence-electron chi connectivity index (χ1n) is 7.35. The first kappa shape index (κ1) is 14.4. The second-order valence-corrected chi connectivity index (χ2v) is 5.46. The Morgan fingerprint density at radius 3 is 2.82 bits per heavy atom. The maximum atomic E-state index is 11.8. The lowest BCUT2D eigenvalue weighted by molar-refractivity contribution is 0.133. The van der Waals surface area contributed by atoms with E-state index in [0.29, 0.717) is 6.61 Å². The average molecular weight is 297 g/mol. The predicted molar refractivity (Wildman–Crippen MR) is 84.7 cm³/mol. The van der Waals surface area contributed by atoms with Crippen molar-refractivity contribution in [2.24, 2.45) is 0 Å². The fourth-order valence-corrected chi connectivity index (χ4v) is 2.44. The van der Waals surface area contributed by atoms with Crippen LogP contribution in [0.25, 0.3) is 0 Å². The van der Waals surface area contributed by atoms with Crippen LogP contribution in [0.5, 0.6) is 0 Å². The Kier molecular flexibility index (Phi) is 4.23. The fourth-order valence-electron chi connectivity index (χ4n) is 2.44. The van der Waals surface area contributed by atoms with Gasteiger partial charge in [0.1, 0.15) is 6.61 Å². The molecule has 0 spiro atoms. The first-order valence-corrected chi connectivity index (χ1v) is 7.35. The number of amides is 1. The molecule has 2 heterocycles. The summed E-state index contributed by atoms with van der Waals surface area (Å²) < 4.78 is 5.22. The van der Waals surface area contributed by atoms with Crippen molar-refractivity contribution in [1.82, 2.24) is 10.3 Å². The van der Waals surface area contributed by atoms with Gasteiger partial charge in [-0.2, -0.15) is 0 Å². The van der Waals surface area contributed by atoms with E-state index in [1.807, 2.05) is 49.4 Å². The SMILES string of the molecule is Cc1cc(N2CC(NC(=O)OCc3ccccc3)C2)ccn1. The van der Waals surface area contributed by atoms with Crippen molar-refractivity contribution in [3.8, 4) is 0 Å². The molecular formula is C17H19N3O2. The number of rotatable bonds is 4. The highest BCUT2D eigenvalue weighted by atomic mass is 16.5. The van der Waals surface area contributed by atoms with E-state index in [1.165, 1.54) is 0 Å². The van der Waals surface area contributed by atoms with Crippen LogP contribution >= 0.6 is 0 Å². The van der Waals surface area contributed by atoms with Crippen molar-refractivity contribution in [2.45, 2.75) is 19.6 Å². The summed E-state index contributed by atoms with van der Waals surface area (Å²) in [4.78, 5) is 18.1. The maximum Gasteiger partial charge on any atom is 0.407 e. The first-order chi connectivity index (χ1) is 10.7. The molecule has 114 valence electrons. The number of nitrogens with one attached hydrogen (secondary N) is 1. The lowest BCUT2D eigenvalue weighted by atomic mass is 10.1.